The first-order valence-corrected chi connectivity index (χ1v) is 6.66. The van der Waals surface area contributed by atoms with Gasteiger partial charge in [0.05, 0.1) is 12.2 Å². The number of piperidine rings is 1. The largest absolute Gasteiger partial charge is 0.386 e. The van der Waals surface area contributed by atoms with Gasteiger partial charge in [-0.05, 0) is 18.6 Å². The lowest BCUT2D eigenvalue weighted by atomic mass is 10.0. The maximum absolute atomic E-state index is 14.3. The number of fused-ring (bicyclic) bond motifs is 1. The smallest absolute Gasteiger partial charge is 0.255 e. The molecule has 0 saturated carbocycles. The van der Waals surface area contributed by atoms with Crippen LogP contribution in [0.15, 0.2) is 12.1 Å². The molecule has 2 aliphatic heterocycles. The highest BCUT2D eigenvalue weighted by Gasteiger charge is 2.40. The highest BCUT2D eigenvalue weighted by atomic mass is 19.1. The summed E-state index contributed by atoms with van der Waals surface area (Å²) in [5.74, 6) is -1.69. The van der Waals surface area contributed by atoms with E-state index in [0.717, 1.165) is 0 Å². The minimum absolute atomic E-state index is 0.0434. The lowest BCUT2D eigenvalue weighted by molar-refractivity contribution is -0.136. The molecule has 3 rings (SSSR count). The molecule has 1 aromatic carbocycles. The van der Waals surface area contributed by atoms with E-state index in [1.54, 1.807) is 13.1 Å². The molecule has 0 spiro atoms. The summed E-state index contributed by atoms with van der Waals surface area (Å²) in [6, 6.07) is 2.33. The van der Waals surface area contributed by atoms with E-state index in [0.29, 0.717) is 5.69 Å². The van der Waals surface area contributed by atoms with Gasteiger partial charge in [-0.3, -0.25) is 19.7 Å². The first kappa shape index (κ1) is 13.5. The number of nitrogens with one attached hydrogen (secondary N) is 2. The normalized spacial score (nSPS) is 21.3. The van der Waals surface area contributed by atoms with Crippen molar-refractivity contribution in [1.29, 1.82) is 0 Å². The number of imide groups is 1. The van der Waals surface area contributed by atoms with Crippen LogP contribution < -0.4 is 10.6 Å². The second kappa shape index (κ2) is 4.83. The Morgan fingerprint density at radius 3 is 2.76 bits per heavy atom. The summed E-state index contributed by atoms with van der Waals surface area (Å²) in [5, 5.41) is 4.93. The van der Waals surface area contributed by atoms with E-state index >= 15 is 0 Å². The van der Waals surface area contributed by atoms with Crippen LogP contribution in [-0.4, -0.2) is 35.7 Å². The summed E-state index contributed by atoms with van der Waals surface area (Å²) in [7, 11) is 1.60. The quantitative estimate of drug-likeness (QED) is 0.783. The van der Waals surface area contributed by atoms with Crippen LogP contribution in [0.3, 0.4) is 0 Å². The maximum Gasteiger partial charge on any atom is 0.255 e. The molecule has 110 valence electrons. The van der Waals surface area contributed by atoms with Crippen LogP contribution in [0.2, 0.25) is 0 Å². The fourth-order valence-corrected chi connectivity index (χ4v) is 2.80. The number of halogens is 1. The van der Waals surface area contributed by atoms with Crippen molar-refractivity contribution in [2.75, 3.05) is 12.4 Å². The molecule has 1 aromatic rings. The van der Waals surface area contributed by atoms with E-state index in [9.17, 15) is 18.8 Å². The summed E-state index contributed by atoms with van der Waals surface area (Å²) in [4.78, 5) is 36.7. The Kier molecular flexibility index (Phi) is 3.12. The van der Waals surface area contributed by atoms with Crippen molar-refractivity contribution in [3.05, 3.63) is 29.1 Å². The molecule has 0 aliphatic carbocycles. The topological polar surface area (TPSA) is 78.5 Å². The van der Waals surface area contributed by atoms with Crippen LogP contribution in [0.5, 0.6) is 0 Å². The molecule has 3 amide bonds. The molecular weight excluding hydrogens is 277 g/mol. The van der Waals surface area contributed by atoms with Gasteiger partial charge >= 0.3 is 0 Å². The standard InChI is InChI=1S/C14H14FN3O3/c1-16-9-3-2-7-8(12(9)15)6-18(14(7)21)10-4-5-11(19)17-13(10)20/h2-3,10,16H,4-6H2,1H3,(H,17,19,20). The Hall–Kier alpha value is -2.44. The average molecular weight is 291 g/mol. The zero-order chi connectivity index (χ0) is 15.1. The lowest BCUT2D eigenvalue weighted by Crippen LogP contribution is -2.52. The molecule has 2 aliphatic rings. The van der Waals surface area contributed by atoms with Gasteiger partial charge in [-0.2, -0.15) is 0 Å². The number of nitrogens with zero attached hydrogens (tertiary/aromatic N) is 1. The van der Waals surface area contributed by atoms with Gasteiger partial charge in [0.25, 0.3) is 5.91 Å². The predicted molar refractivity (Wildman–Crippen MR) is 72.0 cm³/mol. The average Bonchev–Trinajstić information content (AvgIpc) is 2.78. The van der Waals surface area contributed by atoms with Gasteiger partial charge in [0, 0.05) is 24.6 Å². The third-order valence-corrected chi connectivity index (χ3v) is 3.92. The molecule has 1 fully saturated rings. The zero-order valence-corrected chi connectivity index (χ0v) is 11.4. The van der Waals surface area contributed by atoms with Gasteiger partial charge in [-0.25, -0.2) is 4.39 Å². The third kappa shape index (κ3) is 2.05. The Morgan fingerprint density at radius 1 is 1.33 bits per heavy atom. The molecule has 1 unspecified atom stereocenters. The van der Waals surface area contributed by atoms with E-state index in [4.69, 9.17) is 0 Å². The van der Waals surface area contributed by atoms with Crippen LogP contribution in [0, 0.1) is 5.82 Å². The van der Waals surface area contributed by atoms with Gasteiger partial charge in [0.15, 0.2) is 5.82 Å². The number of carbonyl (C=O) groups is 3. The summed E-state index contributed by atoms with van der Waals surface area (Å²) in [6.07, 6.45) is 0.450. The highest BCUT2D eigenvalue weighted by molar-refractivity contribution is 6.05. The number of rotatable bonds is 2. The number of benzene rings is 1. The summed E-state index contributed by atoms with van der Waals surface area (Å²) in [5.41, 5.74) is 0.874. The van der Waals surface area contributed by atoms with Crippen molar-refractivity contribution in [1.82, 2.24) is 10.2 Å². The monoisotopic (exact) mass is 291 g/mol. The van der Waals surface area contributed by atoms with E-state index < -0.39 is 17.8 Å². The van der Waals surface area contributed by atoms with Crippen LogP contribution >= 0.6 is 0 Å². The highest BCUT2D eigenvalue weighted by Crippen LogP contribution is 2.32. The molecule has 6 nitrogen and oxygen atoms in total. The summed E-state index contributed by atoms with van der Waals surface area (Å²) >= 11 is 0. The molecule has 7 heteroatoms. The van der Waals surface area contributed by atoms with Gasteiger partial charge in [-0.15, -0.1) is 0 Å². The van der Waals surface area contributed by atoms with Crippen molar-refractivity contribution in [2.45, 2.75) is 25.4 Å². The first-order valence-electron chi connectivity index (χ1n) is 6.66. The van der Waals surface area contributed by atoms with E-state index in [-0.39, 0.29) is 42.3 Å². The van der Waals surface area contributed by atoms with Gasteiger partial charge in [0.1, 0.15) is 6.04 Å². The van der Waals surface area contributed by atoms with Crippen molar-refractivity contribution in [3.8, 4) is 0 Å². The number of carbonyl (C=O) groups excluding carboxylic acids is 3. The van der Waals surface area contributed by atoms with Crippen LogP contribution in [0.1, 0.15) is 28.8 Å². The molecule has 2 N–H and O–H groups in total. The number of amides is 3. The molecule has 1 atom stereocenters. The fourth-order valence-electron chi connectivity index (χ4n) is 2.80. The Bertz CT molecular complexity index is 659. The Morgan fingerprint density at radius 2 is 2.10 bits per heavy atom. The fraction of sp³-hybridized carbons (Fsp3) is 0.357. The SMILES string of the molecule is CNc1ccc2c(c1F)CN(C1CCC(=O)NC1=O)C2=O. The van der Waals surface area contributed by atoms with Crippen molar-refractivity contribution < 1.29 is 18.8 Å². The van der Waals surface area contributed by atoms with E-state index in [2.05, 4.69) is 10.6 Å². The van der Waals surface area contributed by atoms with Gasteiger partial charge in [0.2, 0.25) is 11.8 Å². The Labute approximate surface area is 120 Å². The van der Waals surface area contributed by atoms with Gasteiger partial charge < -0.3 is 10.2 Å². The van der Waals surface area contributed by atoms with E-state index in [1.165, 1.54) is 11.0 Å². The van der Waals surface area contributed by atoms with Gasteiger partial charge in [-0.1, -0.05) is 0 Å². The minimum Gasteiger partial charge on any atom is -0.386 e. The molecule has 2 heterocycles. The number of hydrogen-bond donors (Lipinski definition) is 2. The molecule has 21 heavy (non-hydrogen) atoms. The summed E-state index contributed by atoms with van der Waals surface area (Å²) < 4.78 is 14.3. The molecule has 0 bridgehead atoms. The maximum atomic E-state index is 14.3. The molecule has 0 aromatic heterocycles. The van der Waals surface area contributed by atoms with Crippen LogP contribution in [0.25, 0.3) is 0 Å². The van der Waals surface area contributed by atoms with E-state index in [1.807, 2.05) is 0 Å². The van der Waals surface area contributed by atoms with Crippen molar-refractivity contribution in [3.63, 3.8) is 0 Å². The third-order valence-electron chi connectivity index (χ3n) is 3.92. The number of anilines is 1. The lowest BCUT2D eigenvalue weighted by Gasteiger charge is -2.29. The molecule has 1 saturated heterocycles. The minimum atomic E-state index is -0.722. The zero-order valence-electron chi connectivity index (χ0n) is 11.4. The second-order valence-corrected chi connectivity index (χ2v) is 5.10. The summed E-state index contributed by atoms with van der Waals surface area (Å²) in [6.45, 7) is 0.0434. The van der Waals surface area contributed by atoms with Crippen molar-refractivity contribution in [2.24, 2.45) is 0 Å². The van der Waals surface area contributed by atoms with Crippen LogP contribution in [0.4, 0.5) is 10.1 Å². The molecule has 0 radical (unpaired) electrons. The molecular formula is C14H14FN3O3. The van der Waals surface area contributed by atoms with Crippen LogP contribution in [-0.2, 0) is 16.1 Å². The predicted octanol–water partition coefficient (Wildman–Crippen LogP) is 0.628. The Balaban J connectivity index is 1.92. The first-order chi connectivity index (χ1) is 10.0. The number of hydrogen-bond acceptors (Lipinski definition) is 4. The van der Waals surface area contributed by atoms with Crippen molar-refractivity contribution >= 4 is 23.4 Å². The second-order valence-electron chi connectivity index (χ2n) is 5.10.